The van der Waals surface area contributed by atoms with Gasteiger partial charge in [-0.15, -0.1) is 0 Å². The molecule has 2 aromatic heterocycles. The monoisotopic (exact) mass is 290 g/mol. The number of ether oxygens (including phenoxy) is 2. The van der Waals surface area contributed by atoms with Crippen LogP contribution < -0.4 is 0 Å². The Kier molecular flexibility index (Phi) is 4.92. The van der Waals surface area contributed by atoms with Gasteiger partial charge in [0, 0.05) is 17.8 Å². The average molecular weight is 290 g/mol. The van der Waals surface area contributed by atoms with Gasteiger partial charge < -0.3 is 14.5 Å². The summed E-state index contributed by atoms with van der Waals surface area (Å²) in [5.74, 6) is -2.08. The summed E-state index contributed by atoms with van der Waals surface area (Å²) in [6, 6.07) is 3.70. The standard InChI is InChI=1S/C15H18N2O4/c1-3-20-14(18)12(15(19)21-4-2)8-10-9-17-13-11(10)6-5-7-16-13/h5-7,9,12H,3-4,8H2,1-2H3,(H,16,17). The number of pyridine rings is 1. The van der Waals surface area contributed by atoms with Crippen molar-refractivity contribution in [1.82, 2.24) is 9.97 Å². The zero-order valence-electron chi connectivity index (χ0n) is 12.1. The van der Waals surface area contributed by atoms with Gasteiger partial charge in [-0.2, -0.15) is 0 Å². The van der Waals surface area contributed by atoms with Crippen LogP contribution in [0.15, 0.2) is 24.5 Å². The molecule has 2 rings (SSSR count). The van der Waals surface area contributed by atoms with E-state index in [-0.39, 0.29) is 19.6 Å². The van der Waals surface area contributed by atoms with Crippen molar-refractivity contribution in [3.05, 3.63) is 30.1 Å². The Hall–Kier alpha value is -2.37. The van der Waals surface area contributed by atoms with Gasteiger partial charge in [0.25, 0.3) is 0 Å². The van der Waals surface area contributed by atoms with Crippen LogP contribution in [0.4, 0.5) is 0 Å². The van der Waals surface area contributed by atoms with Crippen LogP contribution in [0.1, 0.15) is 19.4 Å². The second-order valence-electron chi connectivity index (χ2n) is 4.47. The van der Waals surface area contributed by atoms with Gasteiger partial charge >= 0.3 is 11.9 Å². The summed E-state index contributed by atoms with van der Waals surface area (Å²) in [6.07, 6.45) is 3.66. The van der Waals surface area contributed by atoms with E-state index < -0.39 is 17.9 Å². The largest absolute Gasteiger partial charge is 0.465 e. The quantitative estimate of drug-likeness (QED) is 0.648. The summed E-state index contributed by atoms with van der Waals surface area (Å²) in [7, 11) is 0. The number of aromatic nitrogens is 2. The smallest absolute Gasteiger partial charge is 0.320 e. The highest BCUT2D eigenvalue weighted by Gasteiger charge is 2.30. The molecule has 0 radical (unpaired) electrons. The maximum absolute atomic E-state index is 12.0. The normalized spacial score (nSPS) is 10.8. The van der Waals surface area contributed by atoms with E-state index in [9.17, 15) is 9.59 Å². The predicted octanol–water partition coefficient (Wildman–Crippen LogP) is 1.85. The number of rotatable bonds is 6. The van der Waals surface area contributed by atoms with E-state index in [1.54, 1.807) is 26.2 Å². The fraction of sp³-hybridized carbons (Fsp3) is 0.400. The van der Waals surface area contributed by atoms with Crippen LogP contribution in [0.25, 0.3) is 11.0 Å². The minimum atomic E-state index is -0.955. The summed E-state index contributed by atoms with van der Waals surface area (Å²) in [5, 5.41) is 0.885. The Morgan fingerprint density at radius 3 is 2.52 bits per heavy atom. The molecule has 2 heterocycles. The average Bonchev–Trinajstić information content (AvgIpc) is 2.88. The van der Waals surface area contributed by atoms with E-state index in [2.05, 4.69) is 9.97 Å². The molecule has 6 nitrogen and oxygen atoms in total. The fourth-order valence-electron chi connectivity index (χ4n) is 2.15. The number of carbonyl (C=O) groups is 2. The second-order valence-corrected chi connectivity index (χ2v) is 4.47. The maximum atomic E-state index is 12.0. The molecule has 0 aliphatic rings. The van der Waals surface area contributed by atoms with Crippen molar-refractivity contribution in [2.24, 2.45) is 5.92 Å². The van der Waals surface area contributed by atoms with Crippen LogP contribution >= 0.6 is 0 Å². The molecule has 0 unspecified atom stereocenters. The Morgan fingerprint density at radius 2 is 1.90 bits per heavy atom. The molecule has 0 saturated carbocycles. The van der Waals surface area contributed by atoms with Crippen molar-refractivity contribution in [3.8, 4) is 0 Å². The summed E-state index contributed by atoms with van der Waals surface area (Å²) < 4.78 is 9.93. The predicted molar refractivity (Wildman–Crippen MR) is 76.6 cm³/mol. The van der Waals surface area contributed by atoms with Crippen molar-refractivity contribution in [3.63, 3.8) is 0 Å². The number of nitrogens with zero attached hydrogens (tertiary/aromatic N) is 1. The first-order valence-electron chi connectivity index (χ1n) is 6.91. The molecule has 0 atom stereocenters. The number of aromatic amines is 1. The van der Waals surface area contributed by atoms with Crippen LogP contribution in [0.3, 0.4) is 0 Å². The van der Waals surface area contributed by atoms with E-state index in [1.165, 1.54) is 0 Å². The summed E-state index contributed by atoms with van der Waals surface area (Å²) in [4.78, 5) is 31.1. The molecule has 21 heavy (non-hydrogen) atoms. The molecule has 112 valence electrons. The summed E-state index contributed by atoms with van der Waals surface area (Å²) >= 11 is 0. The van der Waals surface area contributed by atoms with E-state index in [0.29, 0.717) is 0 Å². The molecular weight excluding hydrogens is 272 g/mol. The third kappa shape index (κ3) is 3.39. The van der Waals surface area contributed by atoms with Crippen molar-refractivity contribution >= 4 is 23.0 Å². The first-order valence-corrected chi connectivity index (χ1v) is 6.91. The summed E-state index contributed by atoms with van der Waals surface area (Å²) in [5.41, 5.74) is 1.56. The molecule has 0 amide bonds. The lowest BCUT2D eigenvalue weighted by molar-refractivity contribution is -0.161. The highest BCUT2D eigenvalue weighted by atomic mass is 16.6. The van der Waals surface area contributed by atoms with Gasteiger partial charge in [-0.1, -0.05) is 0 Å². The minimum absolute atomic E-state index is 0.226. The Bertz CT molecular complexity index is 617. The molecule has 2 aromatic rings. The van der Waals surface area contributed by atoms with E-state index in [0.717, 1.165) is 16.6 Å². The molecule has 0 fully saturated rings. The molecule has 0 spiro atoms. The number of hydrogen-bond acceptors (Lipinski definition) is 5. The summed E-state index contributed by atoms with van der Waals surface area (Å²) in [6.45, 7) is 3.86. The van der Waals surface area contributed by atoms with Crippen molar-refractivity contribution < 1.29 is 19.1 Å². The number of nitrogens with one attached hydrogen (secondary N) is 1. The van der Waals surface area contributed by atoms with Gasteiger partial charge in [0.1, 0.15) is 5.65 Å². The lowest BCUT2D eigenvalue weighted by atomic mass is 9.99. The highest BCUT2D eigenvalue weighted by Crippen LogP contribution is 2.20. The van der Waals surface area contributed by atoms with Gasteiger partial charge in [-0.3, -0.25) is 9.59 Å². The Labute approximate surface area is 122 Å². The van der Waals surface area contributed by atoms with Crippen LogP contribution in [0, 0.1) is 5.92 Å². The molecule has 0 bridgehead atoms. The van der Waals surface area contributed by atoms with E-state index in [4.69, 9.17) is 9.47 Å². The van der Waals surface area contributed by atoms with Crippen LogP contribution in [-0.4, -0.2) is 35.1 Å². The molecule has 0 aromatic carbocycles. The first kappa shape index (κ1) is 15.0. The lowest BCUT2D eigenvalue weighted by Gasteiger charge is -2.13. The maximum Gasteiger partial charge on any atom is 0.320 e. The van der Waals surface area contributed by atoms with Gasteiger partial charge in [0.15, 0.2) is 5.92 Å². The van der Waals surface area contributed by atoms with Crippen molar-refractivity contribution in [1.29, 1.82) is 0 Å². The lowest BCUT2D eigenvalue weighted by Crippen LogP contribution is -2.30. The second kappa shape index (κ2) is 6.88. The van der Waals surface area contributed by atoms with Gasteiger partial charge in [0.05, 0.1) is 13.2 Å². The number of hydrogen-bond donors (Lipinski definition) is 1. The molecule has 6 heteroatoms. The SMILES string of the molecule is CCOC(=O)C(Cc1c[nH]c2ncccc12)C(=O)OCC. The van der Waals surface area contributed by atoms with Gasteiger partial charge in [0.2, 0.25) is 0 Å². The molecular formula is C15H18N2O4. The molecule has 0 aliphatic heterocycles. The Morgan fingerprint density at radius 1 is 1.24 bits per heavy atom. The molecule has 0 saturated heterocycles. The Balaban J connectivity index is 2.25. The minimum Gasteiger partial charge on any atom is -0.465 e. The van der Waals surface area contributed by atoms with E-state index in [1.807, 2.05) is 12.1 Å². The zero-order valence-corrected chi connectivity index (χ0v) is 12.1. The number of fused-ring (bicyclic) bond motifs is 1. The fourth-order valence-corrected chi connectivity index (χ4v) is 2.15. The third-order valence-corrected chi connectivity index (χ3v) is 3.10. The first-order chi connectivity index (χ1) is 10.2. The van der Waals surface area contributed by atoms with Crippen molar-refractivity contribution in [2.45, 2.75) is 20.3 Å². The van der Waals surface area contributed by atoms with E-state index >= 15 is 0 Å². The zero-order chi connectivity index (χ0) is 15.2. The molecule has 1 N–H and O–H groups in total. The van der Waals surface area contributed by atoms with Crippen LogP contribution in [0.5, 0.6) is 0 Å². The highest BCUT2D eigenvalue weighted by molar-refractivity contribution is 5.96. The van der Waals surface area contributed by atoms with Crippen LogP contribution in [-0.2, 0) is 25.5 Å². The van der Waals surface area contributed by atoms with Gasteiger partial charge in [-0.25, -0.2) is 4.98 Å². The molecule has 0 aliphatic carbocycles. The number of H-pyrrole nitrogens is 1. The van der Waals surface area contributed by atoms with Crippen molar-refractivity contribution in [2.75, 3.05) is 13.2 Å². The number of esters is 2. The van der Waals surface area contributed by atoms with Crippen LogP contribution in [0.2, 0.25) is 0 Å². The number of carbonyl (C=O) groups excluding carboxylic acids is 2. The third-order valence-electron chi connectivity index (χ3n) is 3.10. The van der Waals surface area contributed by atoms with Gasteiger partial charge in [-0.05, 0) is 38.0 Å². The topological polar surface area (TPSA) is 81.3 Å².